The van der Waals surface area contributed by atoms with E-state index in [0.29, 0.717) is 37.2 Å². The largest absolute Gasteiger partial charge is 0.445 e. The van der Waals surface area contributed by atoms with Crippen molar-refractivity contribution in [1.29, 1.82) is 0 Å². The lowest BCUT2D eigenvalue weighted by Gasteiger charge is -2.08. The molecule has 148 valence electrons. The quantitative estimate of drug-likeness (QED) is 0.572. The van der Waals surface area contributed by atoms with E-state index in [1.54, 1.807) is 10.9 Å². The van der Waals surface area contributed by atoms with Crippen molar-refractivity contribution < 1.29 is 9.53 Å². The highest BCUT2D eigenvalue weighted by molar-refractivity contribution is 5.70. The Kier molecular flexibility index (Phi) is 6.25. The second-order valence-corrected chi connectivity index (χ2v) is 6.36. The Morgan fingerprint density at radius 3 is 2.75 bits per heavy atom. The van der Waals surface area contributed by atoms with E-state index in [4.69, 9.17) is 4.74 Å². The molecule has 3 rings (SSSR count). The molecule has 0 radical (unpaired) electrons. The molecular formula is C19H23N5O4. The number of ether oxygens (including phenoxy) is 1. The Balaban J connectivity index is 1.54. The fourth-order valence-electron chi connectivity index (χ4n) is 2.94. The van der Waals surface area contributed by atoms with Gasteiger partial charge in [-0.25, -0.2) is 14.6 Å². The number of alkyl carbamates (subject to hydrolysis) is 1. The molecule has 2 N–H and O–H groups in total. The van der Waals surface area contributed by atoms with E-state index in [-0.39, 0.29) is 6.61 Å². The first kappa shape index (κ1) is 19.4. The summed E-state index contributed by atoms with van der Waals surface area (Å²) in [6.45, 7) is 3.51. The van der Waals surface area contributed by atoms with Crippen LogP contribution in [0.5, 0.6) is 0 Å². The minimum Gasteiger partial charge on any atom is -0.445 e. The average molecular weight is 385 g/mol. The smallest absolute Gasteiger partial charge is 0.407 e. The molecule has 28 heavy (non-hydrogen) atoms. The van der Waals surface area contributed by atoms with Crippen molar-refractivity contribution in [2.75, 3.05) is 6.54 Å². The highest BCUT2D eigenvalue weighted by atomic mass is 16.5. The molecule has 0 fully saturated rings. The zero-order valence-electron chi connectivity index (χ0n) is 15.7. The maximum absolute atomic E-state index is 12.2. The number of carbonyl (C=O) groups excluding carboxylic acids is 1. The van der Waals surface area contributed by atoms with Gasteiger partial charge in [-0.2, -0.15) is 0 Å². The van der Waals surface area contributed by atoms with Gasteiger partial charge in [-0.3, -0.25) is 14.3 Å². The van der Waals surface area contributed by atoms with Crippen molar-refractivity contribution in [2.45, 2.75) is 39.5 Å². The molecule has 1 aromatic carbocycles. The fourth-order valence-corrected chi connectivity index (χ4v) is 2.94. The molecule has 2 heterocycles. The monoisotopic (exact) mass is 385 g/mol. The van der Waals surface area contributed by atoms with Crippen molar-refractivity contribution in [2.24, 2.45) is 0 Å². The number of imidazole rings is 1. The van der Waals surface area contributed by atoms with Crippen LogP contribution < -0.4 is 16.6 Å². The molecule has 9 heteroatoms. The van der Waals surface area contributed by atoms with Crippen LogP contribution in [0.15, 0.2) is 46.2 Å². The first-order valence-electron chi connectivity index (χ1n) is 9.22. The molecular weight excluding hydrogens is 362 g/mol. The molecule has 3 aromatic rings. The van der Waals surface area contributed by atoms with Crippen LogP contribution >= 0.6 is 0 Å². The highest BCUT2D eigenvalue weighted by Gasteiger charge is 2.13. The molecule has 9 nitrogen and oxygen atoms in total. The normalized spacial score (nSPS) is 10.9. The minimum absolute atomic E-state index is 0.211. The first-order chi connectivity index (χ1) is 13.6. The van der Waals surface area contributed by atoms with Gasteiger partial charge in [-0.15, -0.1) is 0 Å². The second kappa shape index (κ2) is 9.03. The summed E-state index contributed by atoms with van der Waals surface area (Å²) in [7, 11) is 0. The fraction of sp³-hybridized carbons (Fsp3) is 0.368. The number of fused-ring (bicyclic) bond motifs is 1. The molecule has 0 saturated carbocycles. The van der Waals surface area contributed by atoms with Crippen LogP contribution in [0.3, 0.4) is 0 Å². The van der Waals surface area contributed by atoms with Crippen LogP contribution in [0.2, 0.25) is 0 Å². The molecule has 1 amide bonds. The zero-order valence-corrected chi connectivity index (χ0v) is 15.7. The summed E-state index contributed by atoms with van der Waals surface area (Å²) in [4.78, 5) is 42.4. The van der Waals surface area contributed by atoms with E-state index in [9.17, 15) is 14.4 Å². The van der Waals surface area contributed by atoms with Gasteiger partial charge >= 0.3 is 11.8 Å². The third-order valence-electron chi connectivity index (χ3n) is 4.26. The Morgan fingerprint density at radius 1 is 1.21 bits per heavy atom. The number of rotatable bonds is 8. The Bertz CT molecular complexity index is 1050. The van der Waals surface area contributed by atoms with Crippen LogP contribution in [0.4, 0.5) is 4.79 Å². The number of carbonyl (C=O) groups is 1. The van der Waals surface area contributed by atoms with Crippen molar-refractivity contribution in [3.05, 3.63) is 63.1 Å². The molecule has 0 aliphatic carbocycles. The zero-order chi connectivity index (χ0) is 19.9. The Labute approximate surface area is 161 Å². The minimum atomic E-state index is -0.492. The maximum Gasteiger partial charge on any atom is 0.407 e. The van der Waals surface area contributed by atoms with E-state index < -0.39 is 17.3 Å². The van der Waals surface area contributed by atoms with Crippen molar-refractivity contribution in [3.8, 4) is 0 Å². The number of hydrogen-bond acceptors (Lipinski definition) is 5. The number of amides is 1. The van der Waals surface area contributed by atoms with Gasteiger partial charge in [-0.05, 0) is 18.4 Å². The van der Waals surface area contributed by atoms with Gasteiger partial charge < -0.3 is 14.6 Å². The summed E-state index contributed by atoms with van der Waals surface area (Å²) in [6.07, 6.45) is 2.38. The summed E-state index contributed by atoms with van der Waals surface area (Å²) in [5.41, 5.74) is 0.748. The summed E-state index contributed by atoms with van der Waals surface area (Å²) in [6, 6.07) is 9.43. The van der Waals surface area contributed by atoms with E-state index in [1.165, 1.54) is 4.57 Å². The maximum atomic E-state index is 12.2. The van der Waals surface area contributed by atoms with Crippen LogP contribution in [-0.2, 0) is 24.4 Å². The van der Waals surface area contributed by atoms with Crippen LogP contribution in [-0.4, -0.2) is 31.7 Å². The summed E-state index contributed by atoms with van der Waals surface area (Å²) in [5.74, 6) is 0. The molecule has 0 atom stereocenters. The Hall–Kier alpha value is -3.36. The van der Waals surface area contributed by atoms with Crippen molar-refractivity contribution in [3.63, 3.8) is 0 Å². The van der Waals surface area contributed by atoms with Gasteiger partial charge in [0.05, 0.1) is 6.33 Å². The van der Waals surface area contributed by atoms with Gasteiger partial charge in [0, 0.05) is 19.6 Å². The van der Waals surface area contributed by atoms with Crippen molar-refractivity contribution >= 4 is 17.3 Å². The SMILES string of the molecule is CCCn1c(=O)[nH]c(=O)c2c1ncn2CCCNC(=O)OCc1ccccc1. The van der Waals surface area contributed by atoms with E-state index in [2.05, 4.69) is 15.3 Å². The molecule has 0 aliphatic rings. The molecule has 2 aromatic heterocycles. The third kappa shape index (κ3) is 4.48. The predicted molar refractivity (Wildman–Crippen MR) is 104 cm³/mol. The van der Waals surface area contributed by atoms with Gasteiger partial charge in [-0.1, -0.05) is 37.3 Å². The van der Waals surface area contributed by atoms with E-state index >= 15 is 0 Å². The lowest BCUT2D eigenvalue weighted by atomic mass is 10.2. The number of aromatic nitrogens is 4. The lowest BCUT2D eigenvalue weighted by Crippen LogP contribution is -2.31. The number of aromatic amines is 1. The molecule has 0 unspecified atom stereocenters. The molecule has 0 aliphatic heterocycles. The van der Waals surface area contributed by atoms with Crippen LogP contribution in [0.1, 0.15) is 25.3 Å². The summed E-state index contributed by atoms with van der Waals surface area (Å²) >= 11 is 0. The second-order valence-electron chi connectivity index (χ2n) is 6.36. The van der Waals surface area contributed by atoms with Crippen LogP contribution in [0, 0.1) is 0 Å². The molecule has 0 saturated heterocycles. The number of benzene rings is 1. The van der Waals surface area contributed by atoms with E-state index in [0.717, 1.165) is 12.0 Å². The number of hydrogen-bond donors (Lipinski definition) is 2. The Morgan fingerprint density at radius 2 is 2.00 bits per heavy atom. The number of nitrogens with zero attached hydrogens (tertiary/aromatic N) is 3. The van der Waals surface area contributed by atoms with Gasteiger partial charge in [0.2, 0.25) is 0 Å². The van der Waals surface area contributed by atoms with Crippen LogP contribution in [0.25, 0.3) is 11.2 Å². The number of aryl methyl sites for hydroxylation is 2. The molecule has 0 spiro atoms. The predicted octanol–water partition coefficient (Wildman–Crippen LogP) is 1.61. The van der Waals surface area contributed by atoms with Gasteiger partial charge in [0.25, 0.3) is 5.56 Å². The molecule has 0 bridgehead atoms. The third-order valence-corrected chi connectivity index (χ3v) is 4.26. The van der Waals surface area contributed by atoms with Gasteiger partial charge in [0.15, 0.2) is 11.2 Å². The first-order valence-corrected chi connectivity index (χ1v) is 9.22. The highest BCUT2D eigenvalue weighted by Crippen LogP contribution is 2.07. The van der Waals surface area contributed by atoms with Crippen molar-refractivity contribution in [1.82, 2.24) is 24.4 Å². The standard InChI is InChI=1S/C19H23N5O4/c1-2-10-24-16-15(17(25)22-18(24)26)23(13-21-16)11-6-9-20-19(27)28-12-14-7-4-3-5-8-14/h3-5,7-8,13H,2,6,9-12H2,1H3,(H,20,27)(H,22,25,26). The van der Waals surface area contributed by atoms with E-state index in [1.807, 2.05) is 37.3 Å². The topological polar surface area (TPSA) is 111 Å². The van der Waals surface area contributed by atoms with Gasteiger partial charge in [0.1, 0.15) is 6.61 Å². The number of H-pyrrole nitrogens is 1. The summed E-state index contributed by atoms with van der Waals surface area (Å²) in [5, 5.41) is 2.68. The summed E-state index contributed by atoms with van der Waals surface area (Å²) < 4.78 is 8.30. The average Bonchev–Trinajstić information content (AvgIpc) is 3.12. The lowest BCUT2D eigenvalue weighted by molar-refractivity contribution is 0.139. The number of nitrogens with one attached hydrogen (secondary N) is 2.